The van der Waals surface area contributed by atoms with Gasteiger partial charge in [-0.05, 0) is 31.2 Å². The van der Waals surface area contributed by atoms with Crippen LogP contribution in [0.15, 0.2) is 76.7 Å². The lowest BCUT2D eigenvalue weighted by Crippen LogP contribution is -2.05. The first-order valence-electron chi connectivity index (χ1n) is 7.51. The van der Waals surface area contributed by atoms with Crippen LogP contribution in [0, 0.1) is 0 Å². The van der Waals surface area contributed by atoms with Gasteiger partial charge in [-0.3, -0.25) is 0 Å². The molecule has 0 aliphatic carbocycles. The molecule has 0 spiro atoms. The second-order valence-corrected chi connectivity index (χ2v) is 5.95. The average Bonchev–Trinajstić information content (AvgIpc) is 2.57. The van der Waals surface area contributed by atoms with Crippen molar-refractivity contribution in [2.24, 2.45) is 0 Å². The van der Waals surface area contributed by atoms with Crippen molar-refractivity contribution in [2.75, 3.05) is 17.2 Å². The number of nitrogens with one attached hydrogen (secondary N) is 2. The molecule has 3 aromatic rings. The van der Waals surface area contributed by atoms with Gasteiger partial charge in [-0.25, -0.2) is 4.98 Å². The van der Waals surface area contributed by atoms with Crippen molar-refractivity contribution in [2.45, 2.75) is 16.8 Å². The summed E-state index contributed by atoms with van der Waals surface area (Å²) in [5.41, 5.74) is 1.00. The molecule has 23 heavy (non-hydrogen) atoms. The van der Waals surface area contributed by atoms with Gasteiger partial charge in [-0.1, -0.05) is 48.2 Å². The number of hydrogen-bond donors (Lipinski definition) is 2. The fourth-order valence-electron chi connectivity index (χ4n) is 2.06. The van der Waals surface area contributed by atoms with Gasteiger partial charge >= 0.3 is 0 Å². The zero-order valence-corrected chi connectivity index (χ0v) is 13.7. The van der Waals surface area contributed by atoms with Gasteiger partial charge in [0.05, 0.1) is 0 Å². The largest absolute Gasteiger partial charge is 0.354 e. The molecule has 0 aliphatic rings. The molecule has 0 atom stereocenters. The second kappa shape index (κ2) is 7.65. The van der Waals surface area contributed by atoms with E-state index in [9.17, 15) is 0 Å². The van der Waals surface area contributed by atoms with Crippen molar-refractivity contribution in [3.8, 4) is 0 Å². The molecule has 4 nitrogen and oxygen atoms in total. The Hall–Kier alpha value is -2.53. The van der Waals surface area contributed by atoms with E-state index in [1.54, 1.807) is 11.8 Å². The van der Waals surface area contributed by atoms with Gasteiger partial charge in [0.2, 0.25) is 5.95 Å². The van der Waals surface area contributed by atoms with E-state index >= 15 is 0 Å². The minimum Gasteiger partial charge on any atom is -0.354 e. The second-order valence-electron chi connectivity index (χ2n) is 4.85. The quantitative estimate of drug-likeness (QED) is 0.638. The van der Waals surface area contributed by atoms with Crippen molar-refractivity contribution in [1.29, 1.82) is 0 Å². The molecule has 0 radical (unpaired) electrons. The van der Waals surface area contributed by atoms with Crippen molar-refractivity contribution in [1.82, 2.24) is 9.97 Å². The zero-order chi connectivity index (χ0) is 15.9. The van der Waals surface area contributed by atoms with Crippen LogP contribution in [0.5, 0.6) is 0 Å². The number of rotatable bonds is 6. The lowest BCUT2D eigenvalue weighted by atomic mass is 10.3. The Bertz CT molecular complexity index is 688. The fourth-order valence-corrected chi connectivity index (χ4v) is 2.89. The van der Waals surface area contributed by atoms with E-state index in [1.807, 2.05) is 61.5 Å². The SMILES string of the molecule is CCNc1nc(Nc2ccccc2)cc(Sc2ccccc2)n1. The zero-order valence-electron chi connectivity index (χ0n) is 12.9. The van der Waals surface area contributed by atoms with Gasteiger partial charge in [0.15, 0.2) is 0 Å². The number of para-hydroxylation sites is 1. The molecule has 5 heteroatoms. The Labute approximate surface area is 140 Å². The minimum atomic E-state index is 0.631. The normalized spacial score (nSPS) is 10.3. The number of anilines is 3. The molecule has 1 heterocycles. The van der Waals surface area contributed by atoms with Crippen molar-refractivity contribution in [3.05, 3.63) is 66.7 Å². The van der Waals surface area contributed by atoms with Gasteiger partial charge in [0.25, 0.3) is 0 Å². The molecule has 0 amide bonds. The molecule has 0 saturated carbocycles. The highest BCUT2D eigenvalue weighted by atomic mass is 32.2. The number of aromatic nitrogens is 2. The molecule has 2 N–H and O–H groups in total. The Morgan fingerprint density at radius 1 is 0.913 bits per heavy atom. The van der Waals surface area contributed by atoms with Crippen molar-refractivity contribution >= 4 is 29.2 Å². The van der Waals surface area contributed by atoms with Crippen LogP contribution in [-0.4, -0.2) is 16.5 Å². The summed E-state index contributed by atoms with van der Waals surface area (Å²) >= 11 is 1.62. The fraction of sp³-hybridized carbons (Fsp3) is 0.111. The molecule has 3 rings (SSSR count). The summed E-state index contributed by atoms with van der Waals surface area (Å²) in [6.45, 7) is 2.81. The Kier molecular flexibility index (Phi) is 5.11. The number of hydrogen-bond acceptors (Lipinski definition) is 5. The minimum absolute atomic E-state index is 0.631. The predicted molar refractivity (Wildman–Crippen MR) is 96.5 cm³/mol. The summed E-state index contributed by atoms with van der Waals surface area (Å²) in [5, 5.41) is 7.41. The Morgan fingerprint density at radius 3 is 2.30 bits per heavy atom. The maximum atomic E-state index is 4.56. The van der Waals surface area contributed by atoms with E-state index in [0.717, 1.165) is 28.0 Å². The standard InChI is InChI=1S/C18H18N4S/c1-2-19-18-21-16(20-14-9-5-3-6-10-14)13-17(22-18)23-15-11-7-4-8-12-15/h3-13H,2H2,1H3,(H2,19,20,21,22). The highest BCUT2D eigenvalue weighted by molar-refractivity contribution is 7.99. The first-order chi connectivity index (χ1) is 11.3. The van der Waals surface area contributed by atoms with E-state index < -0.39 is 0 Å². The molecule has 0 aliphatic heterocycles. The molecule has 0 fully saturated rings. The van der Waals surface area contributed by atoms with Crippen LogP contribution < -0.4 is 10.6 Å². The third kappa shape index (κ3) is 4.47. The summed E-state index contributed by atoms with van der Waals surface area (Å²) < 4.78 is 0. The monoisotopic (exact) mass is 322 g/mol. The number of nitrogens with zero attached hydrogens (tertiary/aromatic N) is 2. The Morgan fingerprint density at radius 2 is 1.61 bits per heavy atom. The highest BCUT2D eigenvalue weighted by Crippen LogP contribution is 2.28. The van der Waals surface area contributed by atoms with Crippen LogP contribution in [-0.2, 0) is 0 Å². The van der Waals surface area contributed by atoms with Gasteiger partial charge in [0, 0.05) is 23.2 Å². The van der Waals surface area contributed by atoms with Gasteiger partial charge in [-0.2, -0.15) is 4.98 Å². The van der Waals surface area contributed by atoms with Crippen molar-refractivity contribution in [3.63, 3.8) is 0 Å². The van der Waals surface area contributed by atoms with E-state index in [2.05, 4.69) is 32.7 Å². The summed E-state index contributed by atoms with van der Waals surface area (Å²) in [6, 6.07) is 22.2. The first-order valence-corrected chi connectivity index (χ1v) is 8.33. The predicted octanol–water partition coefficient (Wildman–Crippen LogP) is 4.80. The number of benzene rings is 2. The molecule has 0 bridgehead atoms. The molecule has 0 unspecified atom stereocenters. The van der Waals surface area contributed by atoms with Crippen LogP contribution in [0.3, 0.4) is 0 Å². The van der Waals surface area contributed by atoms with E-state index in [0.29, 0.717) is 5.95 Å². The molecular weight excluding hydrogens is 304 g/mol. The molecule has 2 aromatic carbocycles. The van der Waals surface area contributed by atoms with Crippen LogP contribution in [0.25, 0.3) is 0 Å². The average molecular weight is 322 g/mol. The molecular formula is C18H18N4S. The lowest BCUT2D eigenvalue weighted by Gasteiger charge is -2.10. The smallest absolute Gasteiger partial charge is 0.225 e. The molecule has 116 valence electrons. The van der Waals surface area contributed by atoms with Crippen LogP contribution in [0.2, 0.25) is 0 Å². The van der Waals surface area contributed by atoms with E-state index in [-0.39, 0.29) is 0 Å². The maximum Gasteiger partial charge on any atom is 0.225 e. The first kappa shape index (κ1) is 15.4. The molecule has 1 aromatic heterocycles. The van der Waals surface area contributed by atoms with Gasteiger partial charge < -0.3 is 10.6 Å². The van der Waals surface area contributed by atoms with Gasteiger partial charge in [0.1, 0.15) is 10.8 Å². The summed E-state index contributed by atoms with van der Waals surface area (Å²) in [5.74, 6) is 1.41. The van der Waals surface area contributed by atoms with E-state index in [1.165, 1.54) is 0 Å². The lowest BCUT2D eigenvalue weighted by molar-refractivity contribution is 1.02. The van der Waals surface area contributed by atoms with Crippen LogP contribution >= 0.6 is 11.8 Å². The van der Waals surface area contributed by atoms with Crippen LogP contribution in [0.1, 0.15) is 6.92 Å². The van der Waals surface area contributed by atoms with E-state index in [4.69, 9.17) is 0 Å². The summed E-state index contributed by atoms with van der Waals surface area (Å²) in [7, 11) is 0. The van der Waals surface area contributed by atoms with Crippen molar-refractivity contribution < 1.29 is 0 Å². The Balaban J connectivity index is 1.86. The van der Waals surface area contributed by atoms with Crippen LogP contribution in [0.4, 0.5) is 17.5 Å². The highest BCUT2D eigenvalue weighted by Gasteiger charge is 2.06. The maximum absolute atomic E-state index is 4.56. The summed E-state index contributed by atoms with van der Waals surface area (Å²) in [4.78, 5) is 10.2. The summed E-state index contributed by atoms with van der Waals surface area (Å²) in [6.07, 6.45) is 0. The van der Waals surface area contributed by atoms with Gasteiger partial charge in [-0.15, -0.1) is 0 Å². The third-order valence-electron chi connectivity index (χ3n) is 3.05. The topological polar surface area (TPSA) is 49.8 Å². The molecule has 0 saturated heterocycles. The third-order valence-corrected chi connectivity index (χ3v) is 3.98.